The average Bonchev–Trinajstić information content (AvgIpc) is 3.17. The predicted molar refractivity (Wildman–Crippen MR) is 118 cm³/mol. The van der Waals surface area contributed by atoms with Crippen LogP contribution >= 0.6 is 0 Å². The summed E-state index contributed by atoms with van der Waals surface area (Å²) in [6.07, 6.45) is 3.32. The molecule has 9 nitrogen and oxygen atoms in total. The standard InChI is InChI=1S/C23H32N4O5/c1-5-15(2)26(3)23(30)31-14-20-21(24-25-27(20)4)16-9-11-18(12-10-16)32-19-8-6-7-17(13-19)22(28)29/h9-12,15,17,19H,5-8,13-14H2,1-4H3,(H,28,29)/t15?,17-,19-/m0/s1. The molecule has 1 amide bonds. The highest BCUT2D eigenvalue weighted by molar-refractivity contribution is 5.70. The molecular formula is C23H32N4O5. The zero-order valence-corrected chi connectivity index (χ0v) is 19.2. The molecule has 1 heterocycles. The molecule has 3 rings (SSSR count). The van der Waals surface area contributed by atoms with Gasteiger partial charge in [0.15, 0.2) is 0 Å². The lowest BCUT2D eigenvalue weighted by Gasteiger charge is -2.27. The summed E-state index contributed by atoms with van der Waals surface area (Å²) in [5, 5.41) is 17.6. The minimum absolute atomic E-state index is 0.0648. The summed E-state index contributed by atoms with van der Waals surface area (Å²) >= 11 is 0. The van der Waals surface area contributed by atoms with Crippen molar-refractivity contribution >= 4 is 12.1 Å². The molecule has 1 fully saturated rings. The number of carboxylic acid groups (broad SMARTS) is 1. The molecule has 0 aliphatic heterocycles. The summed E-state index contributed by atoms with van der Waals surface area (Å²) in [5.74, 6) is -0.394. The van der Waals surface area contributed by atoms with E-state index < -0.39 is 5.97 Å². The lowest BCUT2D eigenvalue weighted by Crippen LogP contribution is -2.35. The van der Waals surface area contributed by atoms with E-state index >= 15 is 0 Å². The number of amides is 1. The number of rotatable bonds is 8. The normalized spacial score (nSPS) is 19.2. The summed E-state index contributed by atoms with van der Waals surface area (Å²) in [7, 11) is 3.49. The van der Waals surface area contributed by atoms with Crippen LogP contribution in [-0.2, 0) is 23.2 Å². The smallest absolute Gasteiger partial charge is 0.410 e. The third-order valence-corrected chi connectivity index (χ3v) is 6.22. The van der Waals surface area contributed by atoms with Gasteiger partial charge >= 0.3 is 12.1 Å². The van der Waals surface area contributed by atoms with E-state index in [9.17, 15) is 14.7 Å². The fourth-order valence-corrected chi connectivity index (χ4v) is 3.81. The van der Waals surface area contributed by atoms with Crippen molar-refractivity contribution < 1.29 is 24.2 Å². The molecule has 1 saturated carbocycles. The second kappa shape index (κ2) is 10.5. The van der Waals surface area contributed by atoms with Gasteiger partial charge in [0.25, 0.3) is 0 Å². The van der Waals surface area contributed by atoms with E-state index in [0.29, 0.717) is 30.0 Å². The molecule has 9 heteroatoms. The minimum Gasteiger partial charge on any atom is -0.490 e. The zero-order chi connectivity index (χ0) is 23.3. The molecule has 0 bridgehead atoms. The van der Waals surface area contributed by atoms with Crippen molar-refractivity contribution in [2.75, 3.05) is 7.05 Å². The Balaban J connectivity index is 1.65. The SMILES string of the molecule is CCC(C)N(C)C(=O)OCc1c(-c2ccc(O[C@H]3CCC[C@H](C(=O)O)C3)cc2)nnn1C. The summed E-state index contributed by atoms with van der Waals surface area (Å²) in [4.78, 5) is 25.1. The first-order valence-corrected chi connectivity index (χ1v) is 11.1. The molecule has 1 N–H and O–H groups in total. The highest BCUT2D eigenvalue weighted by Gasteiger charge is 2.28. The summed E-state index contributed by atoms with van der Waals surface area (Å²) in [5.41, 5.74) is 2.17. The van der Waals surface area contributed by atoms with Crippen molar-refractivity contribution in [3.63, 3.8) is 0 Å². The molecular weight excluding hydrogens is 412 g/mol. The number of benzene rings is 1. The number of nitrogens with zero attached hydrogens (tertiary/aromatic N) is 4. The number of hydrogen-bond acceptors (Lipinski definition) is 6. The Morgan fingerprint density at radius 3 is 2.66 bits per heavy atom. The van der Waals surface area contributed by atoms with Gasteiger partial charge in [-0.3, -0.25) is 4.79 Å². The number of carbonyl (C=O) groups excluding carboxylic acids is 1. The van der Waals surface area contributed by atoms with Crippen LogP contribution in [0, 0.1) is 5.92 Å². The van der Waals surface area contributed by atoms with Crippen LogP contribution in [0.5, 0.6) is 5.75 Å². The van der Waals surface area contributed by atoms with Crippen LogP contribution in [0.4, 0.5) is 4.79 Å². The molecule has 0 saturated heterocycles. The van der Waals surface area contributed by atoms with Crippen LogP contribution in [0.1, 0.15) is 51.6 Å². The predicted octanol–water partition coefficient (Wildman–Crippen LogP) is 3.87. The number of ether oxygens (including phenoxy) is 2. The van der Waals surface area contributed by atoms with E-state index in [0.717, 1.165) is 24.8 Å². The van der Waals surface area contributed by atoms with E-state index in [4.69, 9.17) is 9.47 Å². The number of carboxylic acids is 1. The van der Waals surface area contributed by atoms with Gasteiger partial charge in [-0.25, -0.2) is 9.48 Å². The van der Waals surface area contributed by atoms with Crippen molar-refractivity contribution in [3.05, 3.63) is 30.0 Å². The minimum atomic E-state index is -0.750. The molecule has 174 valence electrons. The van der Waals surface area contributed by atoms with E-state index in [-0.39, 0.29) is 30.8 Å². The third kappa shape index (κ3) is 5.57. The molecule has 3 atom stereocenters. The third-order valence-electron chi connectivity index (χ3n) is 6.22. The highest BCUT2D eigenvalue weighted by Crippen LogP contribution is 2.29. The van der Waals surface area contributed by atoms with Gasteiger partial charge in [-0.05, 0) is 63.3 Å². The van der Waals surface area contributed by atoms with Crippen molar-refractivity contribution in [1.29, 1.82) is 0 Å². The molecule has 0 spiro atoms. The van der Waals surface area contributed by atoms with Gasteiger partial charge in [0.05, 0.1) is 12.0 Å². The summed E-state index contributed by atoms with van der Waals surface area (Å²) in [6, 6.07) is 7.55. The second-order valence-corrected chi connectivity index (χ2v) is 8.40. The molecule has 1 aromatic carbocycles. The molecule has 1 aliphatic rings. The van der Waals surface area contributed by atoms with Crippen LogP contribution in [0.15, 0.2) is 24.3 Å². The molecule has 0 radical (unpaired) electrons. The van der Waals surface area contributed by atoms with Crippen LogP contribution in [-0.4, -0.2) is 56.3 Å². The molecule has 1 aliphatic carbocycles. The maximum absolute atomic E-state index is 12.3. The number of aromatic nitrogens is 3. The van der Waals surface area contributed by atoms with E-state index in [1.165, 1.54) is 0 Å². The van der Waals surface area contributed by atoms with E-state index in [2.05, 4.69) is 10.3 Å². The first-order chi connectivity index (χ1) is 15.3. The quantitative estimate of drug-likeness (QED) is 0.658. The summed E-state index contributed by atoms with van der Waals surface area (Å²) in [6.45, 7) is 4.05. The number of carbonyl (C=O) groups is 2. The number of aryl methyl sites for hydroxylation is 1. The lowest BCUT2D eigenvalue weighted by molar-refractivity contribution is -0.143. The maximum atomic E-state index is 12.3. The monoisotopic (exact) mass is 444 g/mol. The Labute approximate surface area is 188 Å². The largest absolute Gasteiger partial charge is 0.490 e. The lowest BCUT2D eigenvalue weighted by atomic mass is 9.87. The van der Waals surface area contributed by atoms with Gasteiger partial charge in [-0.15, -0.1) is 5.10 Å². The van der Waals surface area contributed by atoms with Gasteiger partial charge in [-0.1, -0.05) is 12.1 Å². The highest BCUT2D eigenvalue weighted by atomic mass is 16.6. The Hall–Kier alpha value is -3.10. The van der Waals surface area contributed by atoms with Gasteiger partial charge in [-0.2, -0.15) is 0 Å². The van der Waals surface area contributed by atoms with Crippen LogP contribution in [0.3, 0.4) is 0 Å². The molecule has 1 aromatic heterocycles. The Morgan fingerprint density at radius 2 is 2.00 bits per heavy atom. The van der Waals surface area contributed by atoms with Crippen molar-refractivity contribution in [3.8, 4) is 17.0 Å². The van der Waals surface area contributed by atoms with Crippen LogP contribution < -0.4 is 4.74 Å². The first kappa shape index (κ1) is 23.6. The van der Waals surface area contributed by atoms with E-state index in [1.54, 1.807) is 23.7 Å². The molecule has 1 unspecified atom stereocenters. The topological polar surface area (TPSA) is 107 Å². The van der Waals surface area contributed by atoms with Crippen molar-refractivity contribution in [1.82, 2.24) is 19.9 Å². The molecule has 32 heavy (non-hydrogen) atoms. The van der Waals surface area contributed by atoms with Gasteiger partial charge < -0.3 is 19.5 Å². The van der Waals surface area contributed by atoms with Crippen molar-refractivity contribution in [2.45, 2.75) is 64.7 Å². The number of aliphatic carboxylic acids is 1. The van der Waals surface area contributed by atoms with Crippen molar-refractivity contribution in [2.24, 2.45) is 13.0 Å². The molecule has 2 aromatic rings. The van der Waals surface area contributed by atoms with Crippen LogP contribution in [0.25, 0.3) is 11.3 Å². The van der Waals surface area contributed by atoms with E-state index in [1.807, 2.05) is 38.1 Å². The zero-order valence-electron chi connectivity index (χ0n) is 19.2. The van der Waals surface area contributed by atoms with Crippen LogP contribution in [0.2, 0.25) is 0 Å². The fourth-order valence-electron chi connectivity index (χ4n) is 3.81. The van der Waals surface area contributed by atoms with Gasteiger partial charge in [0, 0.05) is 25.7 Å². The number of hydrogen-bond donors (Lipinski definition) is 1. The second-order valence-electron chi connectivity index (χ2n) is 8.40. The first-order valence-electron chi connectivity index (χ1n) is 11.1. The maximum Gasteiger partial charge on any atom is 0.410 e. The van der Waals surface area contributed by atoms with Gasteiger partial charge in [0.2, 0.25) is 0 Å². The Kier molecular flexibility index (Phi) is 7.71. The van der Waals surface area contributed by atoms with Gasteiger partial charge in [0.1, 0.15) is 23.7 Å². The summed E-state index contributed by atoms with van der Waals surface area (Å²) < 4.78 is 13.1. The average molecular weight is 445 g/mol. The Morgan fingerprint density at radius 1 is 1.28 bits per heavy atom. The fraction of sp³-hybridized carbons (Fsp3) is 0.565. The Bertz CT molecular complexity index is 927.